The van der Waals surface area contributed by atoms with E-state index in [9.17, 15) is 4.79 Å². The fourth-order valence-corrected chi connectivity index (χ4v) is 3.81. The fraction of sp³-hybridized carbons (Fsp3) is 0.111. The molecule has 1 radical (unpaired) electrons. The van der Waals surface area contributed by atoms with Crippen molar-refractivity contribution in [2.24, 2.45) is 0 Å². The number of para-hydroxylation sites is 2. The van der Waals surface area contributed by atoms with Crippen LogP contribution in [0.25, 0.3) is 38.4 Å². The normalized spacial score (nSPS) is 11.2. The number of benzene rings is 3. The number of hydrogen-bond donors (Lipinski definition) is 1. The van der Waals surface area contributed by atoms with Crippen LogP contribution >= 0.6 is 0 Å². The van der Waals surface area contributed by atoms with Crippen LogP contribution in [0.1, 0.15) is 19.4 Å². The third-order valence-electron chi connectivity index (χ3n) is 5.02. The van der Waals surface area contributed by atoms with Gasteiger partial charge in [0.1, 0.15) is 5.82 Å². The van der Waals surface area contributed by atoms with Crippen LogP contribution in [0.4, 0.5) is 0 Å². The molecule has 4 nitrogen and oxygen atoms in total. The molecular formula is C27H23IrN2O2-. The molecule has 0 aliphatic heterocycles. The summed E-state index contributed by atoms with van der Waals surface area (Å²) in [5.41, 5.74) is 3.47. The maximum absolute atomic E-state index is 10.0. The summed E-state index contributed by atoms with van der Waals surface area (Å²) < 4.78 is 2.23. The number of allylic oxidation sites excluding steroid dienone is 2. The van der Waals surface area contributed by atoms with Gasteiger partial charge in [-0.15, -0.1) is 5.39 Å². The predicted molar refractivity (Wildman–Crippen MR) is 127 cm³/mol. The van der Waals surface area contributed by atoms with Crippen LogP contribution < -0.4 is 0 Å². The molecule has 0 aliphatic rings. The predicted octanol–water partition coefficient (Wildman–Crippen LogP) is 6.48. The molecule has 0 aliphatic carbocycles. The van der Waals surface area contributed by atoms with E-state index in [0.29, 0.717) is 0 Å². The maximum atomic E-state index is 10.0. The largest absolute Gasteiger partial charge is 0.512 e. The van der Waals surface area contributed by atoms with Crippen LogP contribution in [0.2, 0.25) is 0 Å². The molecule has 5 aromatic rings. The van der Waals surface area contributed by atoms with E-state index in [-0.39, 0.29) is 31.6 Å². The molecule has 163 valence electrons. The topological polar surface area (TPSA) is 55.1 Å². The molecule has 0 unspecified atom stereocenters. The van der Waals surface area contributed by atoms with E-state index in [1.807, 2.05) is 18.3 Å². The van der Waals surface area contributed by atoms with Gasteiger partial charge in [-0.3, -0.25) is 4.79 Å². The number of aromatic nitrogens is 2. The van der Waals surface area contributed by atoms with Gasteiger partial charge in [0.15, 0.2) is 5.78 Å². The zero-order valence-corrected chi connectivity index (χ0v) is 20.5. The van der Waals surface area contributed by atoms with Gasteiger partial charge in [-0.2, -0.15) is 24.3 Å². The van der Waals surface area contributed by atoms with Crippen molar-refractivity contribution >= 4 is 38.4 Å². The Bertz CT molecular complexity index is 1390. The van der Waals surface area contributed by atoms with Crippen molar-refractivity contribution in [3.63, 3.8) is 0 Å². The van der Waals surface area contributed by atoms with Gasteiger partial charge in [-0.25, -0.2) is 4.98 Å². The third-order valence-corrected chi connectivity index (χ3v) is 5.02. The van der Waals surface area contributed by atoms with Crippen LogP contribution in [-0.2, 0) is 24.9 Å². The molecule has 0 saturated carbocycles. The van der Waals surface area contributed by atoms with Crippen LogP contribution in [0.5, 0.6) is 0 Å². The minimum atomic E-state index is -0.125. The molecule has 2 heterocycles. The Labute approximate surface area is 200 Å². The van der Waals surface area contributed by atoms with Crippen LogP contribution in [-0.4, -0.2) is 20.4 Å². The number of rotatable bonds is 2. The zero-order chi connectivity index (χ0) is 22.0. The summed E-state index contributed by atoms with van der Waals surface area (Å²) >= 11 is 0. The molecule has 5 heteroatoms. The SMILES string of the molecule is CC(=O)/C=C(/C)O.Cc1ccc2ccnc(-n3c4[c-]cccc4c4ccccc43)c2c1.[Ir]. The Morgan fingerprint density at radius 1 is 1.00 bits per heavy atom. The standard InChI is InChI=1S/C22H15N2.C5H8O2.Ir/c1-15-10-11-16-12-13-23-22(19(16)14-15)24-20-8-4-2-6-17(20)18-7-3-5-9-21(18)24;1-4(6)3-5(2)7;/h2-8,10-14H,1H3;3,6H,1-2H3;/q-1;;/b;4-3-;. The summed E-state index contributed by atoms with van der Waals surface area (Å²) in [5.74, 6) is 0.900. The number of carbonyl (C=O) groups is 1. The maximum Gasteiger partial charge on any atom is 0.155 e. The first kappa shape index (κ1) is 23.4. The van der Waals surface area contributed by atoms with Gasteiger partial charge < -0.3 is 9.67 Å². The molecule has 0 bridgehead atoms. The molecule has 1 N–H and O–H groups in total. The van der Waals surface area contributed by atoms with E-state index < -0.39 is 0 Å². The first-order chi connectivity index (χ1) is 15.0. The van der Waals surface area contributed by atoms with Crippen molar-refractivity contribution in [2.75, 3.05) is 0 Å². The Balaban J connectivity index is 0.000000318. The molecule has 3 aromatic carbocycles. The average Bonchev–Trinajstić information content (AvgIpc) is 3.07. The van der Waals surface area contributed by atoms with Gasteiger partial charge in [0.05, 0.1) is 5.76 Å². The van der Waals surface area contributed by atoms with E-state index in [4.69, 9.17) is 10.1 Å². The first-order valence-electron chi connectivity index (χ1n) is 10.1. The fourth-order valence-electron chi connectivity index (χ4n) is 3.81. The van der Waals surface area contributed by atoms with Crippen molar-refractivity contribution < 1.29 is 30.0 Å². The van der Waals surface area contributed by atoms with Crippen LogP contribution in [0, 0.1) is 13.0 Å². The Morgan fingerprint density at radius 3 is 2.47 bits per heavy atom. The Hall–Kier alpha value is -3.27. The summed E-state index contributed by atoms with van der Waals surface area (Å²) in [5, 5.41) is 13.2. The average molecular weight is 600 g/mol. The van der Waals surface area contributed by atoms with Crippen molar-refractivity contribution in [3.05, 3.63) is 96.4 Å². The van der Waals surface area contributed by atoms with Crippen molar-refractivity contribution in [1.29, 1.82) is 0 Å². The van der Waals surface area contributed by atoms with Crippen LogP contribution in [0.3, 0.4) is 0 Å². The summed E-state index contributed by atoms with van der Waals surface area (Å²) in [6.45, 7) is 4.97. The van der Waals surface area contributed by atoms with Gasteiger partial charge >= 0.3 is 0 Å². The molecule has 0 spiro atoms. The van der Waals surface area contributed by atoms with Crippen molar-refractivity contribution in [2.45, 2.75) is 20.8 Å². The smallest absolute Gasteiger partial charge is 0.155 e. The number of carbonyl (C=O) groups excluding carboxylic acids is 1. The van der Waals surface area contributed by atoms with Crippen molar-refractivity contribution in [3.8, 4) is 5.82 Å². The molecular weight excluding hydrogens is 577 g/mol. The first-order valence-corrected chi connectivity index (χ1v) is 10.1. The number of ketones is 1. The molecule has 0 atom stereocenters. The van der Waals surface area contributed by atoms with Gasteiger partial charge in [0.25, 0.3) is 0 Å². The minimum Gasteiger partial charge on any atom is -0.512 e. The van der Waals surface area contributed by atoms with Gasteiger partial charge in [-0.1, -0.05) is 41.4 Å². The molecule has 0 amide bonds. The number of fused-ring (bicyclic) bond motifs is 4. The van der Waals surface area contributed by atoms with Crippen molar-refractivity contribution in [1.82, 2.24) is 9.55 Å². The van der Waals surface area contributed by atoms with E-state index in [1.54, 1.807) is 0 Å². The number of aliphatic hydroxyl groups excluding tert-OH is 1. The van der Waals surface area contributed by atoms with Crippen LogP contribution in [0.15, 0.2) is 84.8 Å². The van der Waals surface area contributed by atoms with E-state index in [2.05, 4.69) is 72.2 Å². The number of nitrogens with zero attached hydrogens (tertiary/aromatic N) is 2. The number of aliphatic hydroxyl groups is 1. The van der Waals surface area contributed by atoms with Gasteiger partial charge in [-0.05, 0) is 49.7 Å². The summed E-state index contributed by atoms with van der Waals surface area (Å²) in [7, 11) is 0. The summed E-state index contributed by atoms with van der Waals surface area (Å²) in [6, 6.07) is 26.6. The second-order valence-electron chi connectivity index (χ2n) is 7.54. The molecule has 5 rings (SSSR count). The van der Waals surface area contributed by atoms with E-state index in [0.717, 1.165) is 22.2 Å². The van der Waals surface area contributed by atoms with Gasteiger partial charge in [0, 0.05) is 43.3 Å². The molecule has 0 saturated heterocycles. The van der Waals surface area contributed by atoms with E-state index in [1.165, 1.54) is 41.6 Å². The number of pyridine rings is 1. The zero-order valence-electron chi connectivity index (χ0n) is 18.1. The second-order valence-corrected chi connectivity index (χ2v) is 7.54. The van der Waals surface area contributed by atoms with Gasteiger partial charge in [0.2, 0.25) is 0 Å². The molecule has 32 heavy (non-hydrogen) atoms. The second kappa shape index (κ2) is 9.90. The number of aryl methyl sites for hydroxylation is 1. The monoisotopic (exact) mass is 600 g/mol. The number of hydrogen-bond acceptors (Lipinski definition) is 3. The Morgan fingerprint density at radius 2 is 1.75 bits per heavy atom. The summed E-state index contributed by atoms with van der Waals surface area (Å²) in [4.78, 5) is 14.8. The summed E-state index contributed by atoms with van der Waals surface area (Å²) in [6.07, 6.45) is 3.05. The quantitative estimate of drug-likeness (QED) is 0.144. The third kappa shape index (κ3) is 4.64. The molecule has 0 fully saturated rings. The van der Waals surface area contributed by atoms with E-state index >= 15 is 0 Å². The molecule has 2 aromatic heterocycles. The Kier molecular flexibility index (Phi) is 7.24. The minimum absolute atomic E-state index is 0.